The van der Waals surface area contributed by atoms with Gasteiger partial charge in [-0.3, -0.25) is 10.1 Å². The van der Waals surface area contributed by atoms with E-state index in [0.29, 0.717) is 0 Å². The summed E-state index contributed by atoms with van der Waals surface area (Å²) in [7, 11) is 1.81. The molecule has 0 aliphatic carbocycles. The summed E-state index contributed by atoms with van der Waals surface area (Å²) in [6, 6.07) is 18.1. The fourth-order valence-electron chi connectivity index (χ4n) is 2.22. The molecule has 110 valence electrons. The van der Waals surface area contributed by atoms with Crippen molar-refractivity contribution in [2.75, 3.05) is 12.4 Å². The van der Waals surface area contributed by atoms with E-state index < -0.39 is 4.92 Å². The number of non-ortho nitro benzene ring substituents is 1. The standard InChI is InChI=1S/C16H14N4O2/c1-17-16-11-15(12-5-3-2-4-6-12)18-19(16)13-7-9-14(10-8-13)20(21)22/h2-11,17H,1H3. The van der Waals surface area contributed by atoms with E-state index in [1.807, 2.05) is 43.4 Å². The highest BCUT2D eigenvalue weighted by Gasteiger charge is 2.11. The van der Waals surface area contributed by atoms with E-state index in [9.17, 15) is 10.1 Å². The first-order chi connectivity index (χ1) is 10.7. The predicted octanol–water partition coefficient (Wildman–Crippen LogP) is 3.49. The number of nitrogens with one attached hydrogen (secondary N) is 1. The quantitative estimate of drug-likeness (QED) is 0.590. The van der Waals surface area contributed by atoms with E-state index in [-0.39, 0.29) is 5.69 Å². The summed E-state index contributed by atoms with van der Waals surface area (Å²) in [6.45, 7) is 0. The third kappa shape index (κ3) is 2.54. The van der Waals surface area contributed by atoms with Crippen molar-refractivity contribution in [1.82, 2.24) is 9.78 Å². The topological polar surface area (TPSA) is 73.0 Å². The zero-order valence-corrected chi connectivity index (χ0v) is 11.9. The lowest BCUT2D eigenvalue weighted by Crippen LogP contribution is -2.02. The Morgan fingerprint density at radius 2 is 1.77 bits per heavy atom. The molecular formula is C16H14N4O2. The van der Waals surface area contributed by atoms with Gasteiger partial charge in [-0.1, -0.05) is 30.3 Å². The van der Waals surface area contributed by atoms with Crippen LogP contribution in [0.1, 0.15) is 0 Å². The van der Waals surface area contributed by atoms with E-state index in [0.717, 1.165) is 22.8 Å². The van der Waals surface area contributed by atoms with Crippen molar-refractivity contribution in [1.29, 1.82) is 0 Å². The molecule has 1 heterocycles. The number of nitro benzene ring substituents is 1. The molecule has 0 saturated carbocycles. The summed E-state index contributed by atoms with van der Waals surface area (Å²) < 4.78 is 1.73. The van der Waals surface area contributed by atoms with Crippen LogP contribution in [0, 0.1) is 10.1 Å². The summed E-state index contributed by atoms with van der Waals surface area (Å²) in [5, 5.41) is 18.4. The molecule has 3 rings (SSSR count). The molecular weight excluding hydrogens is 280 g/mol. The molecule has 0 radical (unpaired) electrons. The molecule has 0 amide bonds. The van der Waals surface area contributed by atoms with Gasteiger partial charge in [0.2, 0.25) is 0 Å². The molecule has 6 nitrogen and oxygen atoms in total. The molecule has 0 fully saturated rings. The van der Waals surface area contributed by atoms with E-state index >= 15 is 0 Å². The second-order valence-electron chi connectivity index (χ2n) is 4.72. The van der Waals surface area contributed by atoms with E-state index in [1.165, 1.54) is 12.1 Å². The van der Waals surface area contributed by atoms with Crippen molar-refractivity contribution in [3.63, 3.8) is 0 Å². The normalized spacial score (nSPS) is 10.4. The highest BCUT2D eigenvalue weighted by atomic mass is 16.6. The Labute approximate surface area is 127 Å². The number of hydrogen-bond donors (Lipinski definition) is 1. The molecule has 1 aromatic heterocycles. The van der Waals surface area contributed by atoms with Crippen LogP contribution in [-0.2, 0) is 0 Å². The van der Waals surface area contributed by atoms with Crippen molar-refractivity contribution in [3.05, 3.63) is 70.8 Å². The van der Waals surface area contributed by atoms with Gasteiger partial charge in [-0.15, -0.1) is 0 Å². The Morgan fingerprint density at radius 3 is 2.36 bits per heavy atom. The largest absolute Gasteiger partial charge is 0.373 e. The zero-order valence-electron chi connectivity index (χ0n) is 11.9. The molecule has 0 unspecified atom stereocenters. The van der Waals surface area contributed by atoms with E-state index in [2.05, 4.69) is 10.4 Å². The maximum absolute atomic E-state index is 10.7. The molecule has 0 aliphatic rings. The Kier molecular flexibility index (Phi) is 3.57. The first-order valence-corrected chi connectivity index (χ1v) is 6.77. The third-order valence-corrected chi connectivity index (χ3v) is 3.34. The minimum Gasteiger partial charge on any atom is -0.373 e. The van der Waals surface area contributed by atoms with Gasteiger partial charge in [-0.2, -0.15) is 5.10 Å². The van der Waals surface area contributed by atoms with Crippen LogP contribution in [0.15, 0.2) is 60.7 Å². The predicted molar refractivity (Wildman–Crippen MR) is 85.2 cm³/mol. The lowest BCUT2D eigenvalue weighted by Gasteiger charge is -2.05. The fraction of sp³-hybridized carbons (Fsp3) is 0.0625. The highest BCUT2D eigenvalue weighted by molar-refractivity contribution is 5.64. The van der Waals surface area contributed by atoms with Crippen molar-refractivity contribution in [2.45, 2.75) is 0 Å². The number of rotatable bonds is 4. The van der Waals surface area contributed by atoms with Gasteiger partial charge in [-0.05, 0) is 12.1 Å². The van der Waals surface area contributed by atoms with Crippen LogP contribution >= 0.6 is 0 Å². The Bertz CT molecular complexity index is 795. The molecule has 1 N–H and O–H groups in total. The van der Waals surface area contributed by atoms with Crippen LogP contribution in [-0.4, -0.2) is 21.8 Å². The van der Waals surface area contributed by atoms with Crippen molar-refractivity contribution >= 4 is 11.5 Å². The lowest BCUT2D eigenvalue weighted by molar-refractivity contribution is -0.384. The van der Waals surface area contributed by atoms with Gasteiger partial charge in [0.1, 0.15) is 5.82 Å². The first-order valence-electron chi connectivity index (χ1n) is 6.77. The molecule has 6 heteroatoms. The summed E-state index contributed by atoms with van der Waals surface area (Å²) in [6.07, 6.45) is 0. The number of anilines is 1. The Hall–Kier alpha value is -3.15. The lowest BCUT2D eigenvalue weighted by atomic mass is 10.2. The monoisotopic (exact) mass is 294 g/mol. The van der Waals surface area contributed by atoms with Gasteiger partial charge in [0, 0.05) is 30.8 Å². The number of nitrogens with zero attached hydrogens (tertiary/aromatic N) is 3. The molecule has 0 spiro atoms. The number of hydrogen-bond acceptors (Lipinski definition) is 4. The van der Waals surface area contributed by atoms with Gasteiger partial charge >= 0.3 is 0 Å². The summed E-state index contributed by atoms with van der Waals surface area (Å²) in [5.74, 6) is 0.813. The van der Waals surface area contributed by atoms with Crippen LogP contribution in [0.5, 0.6) is 0 Å². The Morgan fingerprint density at radius 1 is 1.09 bits per heavy atom. The fourth-order valence-corrected chi connectivity index (χ4v) is 2.22. The Balaban J connectivity index is 2.03. The molecule has 0 aliphatic heterocycles. The number of nitro groups is 1. The molecule has 3 aromatic rings. The van der Waals surface area contributed by atoms with E-state index in [1.54, 1.807) is 16.8 Å². The van der Waals surface area contributed by atoms with Crippen LogP contribution in [0.25, 0.3) is 16.9 Å². The highest BCUT2D eigenvalue weighted by Crippen LogP contribution is 2.25. The molecule has 0 bridgehead atoms. The number of aromatic nitrogens is 2. The van der Waals surface area contributed by atoms with Gasteiger partial charge in [-0.25, -0.2) is 4.68 Å². The molecule has 0 atom stereocenters. The van der Waals surface area contributed by atoms with Crippen molar-refractivity contribution in [3.8, 4) is 16.9 Å². The van der Waals surface area contributed by atoms with Gasteiger partial charge in [0.25, 0.3) is 5.69 Å². The van der Waals surface area contributed by atoms with Crippen LogP contribution in [0.4, 0.5) is 11.5 Å². The smallest absolute Gasteiger partial charge is 0.269 e. The summed E-state index contributed by atoms with van der Waals surface area (Å²) in [4.78, 5) is 10.3. The van der Waals surface area contributed by atoms with Gasteiger partial charge in [0.05, 0.1) is 16.3 Å². The molecule has 22 heavy (non-hydrogen) atoms. The maximum Gasteiger partial charge on any atom is 0.269 e. The third-order valence-electron chi connectivity index (χ3n) is 3.34. The average Bonchev–Trinajstić information content (AvgIpc) is 3.00. The minimum absolute atomic E-state index is 0.0604. The SMILES string of the molecule is CNc1cc(-c2ccccc2)nn1-c1ccc([N+](=O)[O-])cc1. The second kappa shape index (κ2) is 5.69. The van der Waals surface area contributed by atoms with Crippen LogP contribution in [0.3, 0.4) is 0 Å². The summed E-state index contributed by atoms with van der Waals surface area (Å²) in [5.41, 5.74) is 2.67. The minimum atomic E-state index is -0.415. The van der Waals surface area contributed by atoms with Crippen LogP contribution in [0.2, 0.25) is 0 Å². The molecule has 0 saturated heterocycles. The van der Waals surface area contributed by atoms with Crippen molar-refractivity contribution in [2.24, 2.45) is 0 Å². The van der Waals surface area contributed by atoms with Crippen molar-refractivity contribution < 1.29 is 4.92 Å². The maximum atomic E-state index is 10.7. The van der Waals surface area contributed by atoms with Gasteiger partial charge < -0.3 is 5.32 Å². The molecule has 2 aromatic carbocycles. The summed E-state index contributed by atoms with van der Waals surface area (Å²) >= 11 is 0. The van der Waals surface area contributed by atoms with E-state index in [4.69, 9.17) is 0 Å². The number of benzene rings is 2. The van der Waals surface area contributed by atoms with Gasteiger partial charge in [0.15, 0.2) is 0 Å². The van der Waals surface area contributed by atoms with Crippen LogP contribution < -0.4 is 5.32 Å². The average molecular weight is 294 g/mol. The zero-order chi connectivity index (χ0) is 15.5. The second-order valence-corrected chi connectivity index (χ2v) is 4.72. The first kappa shape index (κ1) is 13.8.